The van der Waals surface area contributed by atoms with E-state index in [2.05, 4.69) is 0 Å². The van der Waals surface area contributed by atoms with E-state index in [1.165, 1.54) is 0 Å². The van der Waals surface area contributed by atoms with E-state index in [4.69, 9.17) is 18.9 Å². The molecular formula is C20H20O6. The summed E-state index contributed by atoms with van der Waals surface area (Å²) >= 11 is 0. The number of methoxy groups -OCH3 is 1. The molecule has 1 unspecified atom stereocenters. The first-order chi connectivity index (χ1) is 12.6. The molecule has 1 aliphatic rings. The minimum absolute atomic E-state index is 0.282. The maximum absolute atomic E-state index is 12.4. The zero-order valence-electron chi connectivity index (χ0n) is 14.7. The summed E-state index contributed by atoms with van der Waals surface area (Å²) in [6, 6.07) is 11.5. The Morgan fingerprint density at radius 2 is 1.62 bits per heavy atom. The molecule has 1 heterocycles. The highest BCUT2D eigenvalue weighted by Crippen LogP contribution is 2.30. The van der Waals surface area contributed by atoms with Crippen LogP contribution in [0.4, 0.5) is 0 Å². The van der Waals surface area contributed by atoms with Crippen molar-refractivity contribution in [2.75, 3.05) is 20.3 Å². The third-order valence-electron chi connectivity index (χ3n) is 4.01. The number of carbonyl (C=O) groups is 2. The number of fused-ring (bicyclic) bond motifs is 1. The van der Waals surface area contributed by atoms with Gasteiger partial charge in [-0.15, -0.1) is 0 Å². The molecule has 0 bridgehead atoms. The molecule has 0 aliphatic carbocycles. The smallest absolute Gasteiger partial charge is 0.338 e. The lowest BCUT2D eigenvalue weighted by Gasteiger charge is -2.14. The van der Waals surface area contributed by atoms with Gasteiger partial charge in [-0.2, -0.15) is 0 Å². The fraction of sp³-hybridized carbons (Fsp3) is 0.300. The van der Waals surface area contributed by atoms with Crippen molar-refractivity contribution in [3.05, 3.63) is 53.6 Å². The Hall–Kier alpha value is -3.02. The van der Waals surface area contributed by atoms with Gasteiger partial charge in [0.05, 0.1) is 25.9 Å². The monoisotopic (exact) mass is 356 g/mol. The van der Waals surface area contributed by atoms with Crippen LogP contribution in [-0.4, -0.2) is 38.2 Å². The number of carbonyl (C=O) groups excluding carboxylic acids is 2. The molecule has 26 heavy (non-hydrogen) atoms. The van der Waals surface area contributed by atoms with Gasteiger partial charge in [-0.25, -0.2) is 4.79 Å². The number of hydrogen-bond donors (Lipinski definition) is 0. The number of ether oxygens (including phenoxy) is 4. The van der Waals surface area contributed by atoms with Gasteiger partial charge in [-0.1, -0.05) is 0 Å². The van der Waals surface area contributed by atoms with Crippen LogP contribution < -0.4 is 14.2 Å². The van der Waals surface area contributed by atoms with Gasteiger partial charge < -0.3 is 18.9 Å². The molecule has 0 spiro atoms. The SMILES string of the molecule is COc1ccc(C(=O)C(C)OC(=O)c2ccc3c(c2)OCCCO3)cc1. The quantitative estimate of drug-likeness (QED) is 0.605. The van der Waals surface area contributed by atoms with Gasteiger partial charge >= 0.3 is 5.97 Å². The first-order valence-corrected chi connectivity index (χ1v) is 8.37. The van der Waals surface area contributed by atoms with E-state index in [9.17, 15) is 9.59 Å². The van der Waals surface area contributed by atoms with Gasteiger partial charge in [0.1, 0.15) is 5.75 Å². The lowest BCUT2D eigenvalue weighted by Crippen LogP contribution is -2.24. The number of ketones is 1. The number of esters is 1. The van der Waals surface area contributed by atoms with Crippen LogP contribution in [0, 0.1) is 0 Å². The summed E-state index contributed by atoms with van der Waals surface area (Å²) in [5.74, 6) is 0.885. The Labute approximate surface area is 151 Å². The Bertz CT molecular complexity index is 796. The van der Waals surface area contributed by atoms with Crippen molar-refractivity contribution in [1.82, 2.24) is 0 Å². The molecule has 0 N–H and O–H groups in total. The van der Waals surface area contributed by atoms with E-state index in [0.717, 1.165) is 6.42 Å². The first kappa shape index (κ1) is 17.8. The average Bonchev–Trinajstić information content (AvgIpc) is 2.92. The Morgan fingerprint density at radius 1 is 0.962 bits per heavy atom. The van der Waals surface area contributed by atoms with Crippen LogP contribution in [0.5, 0.6) is 17.2 Å². The highest BCUT2D eigenvalue weighted by atomic mass is 16.5. The minimum Gasteiger partial charge on any atom is -0.497 e. The summed E-state index contributed by atoms with van der Waals surface area (Å²) in [6.07, 6.45) is -0.131. The van der Waals surface area contributed by atoms with Gasteiger partial charge in [0.25, 0.3) is 0 Å². The molecule has 1 aliphatic heterocycles. The van der Waals surface area contributed by atoms with E-state index >= 15 is 0 Å². The Morgan fingerprint density at radius 3 is 2.31 bits per heavy atom. The third-order valence-corrected chi connectivity index (χ3v) is 4.01. The van der Waals surface area contributed by atoms with E-state index in [1.54, 1.807) is 56.5 Å². The Balaban J connectivity index is 1.68. The lowest BCUT2D eigenvalue weighted by molar-refractivity contribution is 0.0318. The van der Waals surface area contributed by atoms with Crippen molar-refractivity contribution < 1.29 is 28.5 Å². The summed E-state index contributed by atoms with van der Waals surface area (Å²) in [5, 5.41) is 0. The van der Waals surface area contributed by atoms with Gasteiger partial charge in [0.2, 0.25) is 5.78 Å². The van der Waals surface area contributed by atoms with E-state index in [1.807, 2.05) is 0 Å². The second-order valence-corrected chi connectivity index (χ2v) is 5.85. The van der Waals surface area contributed by atoms with Gasteiger partial charge in [0, 0.05) is 12.0 Å². The lowest BCUT2D eigenvalue weighted by atomic mass is 10.1. The predicted octanol–water partition coefficient (Wildman–Crippen LogP) is 3.28. The number of benzene rings is 2. The van der Waals surface area contributed by atoms with Crippen LogP contribution in [0.25, 0.3) is 0 Å². The van der Waals surface area contributed by atoms with Crippen molar-refractivity contribution in [3.8, 4) is 17.2 Å². The molecule has 2 aromatic carbocycles. The van der Waals surface area contributed by atoms with Crippen LogP contribution in [0.15, 0.2) is 42.5 Å². The third kappa shape index (κ3) is 3.96. The molecule has 0 saturated heterocycles. The first-order valence-electron chi connectivity index (χ1n) is 8.37. The summed E-state index contributed by atoms with van der Waals surface area (Å²) in [7, 11) is 1.55. The number of rotatable bonds is 5. The molecule has 0 radical (unpaired) electrons. The van der Waals surface area contributed by atoms with Gasteiger partial charge in [0.15, 0.2) is 17.6 Å². The number of hydrogen-bond acceptors (Lipinski definition) is 6. The van der Waals surface area contributed by atoms with E-state index in [0.29, 0.717) is 41.6 Å². The van der Waals surface area contributed by atoms with Crippen molar-refractivity contribution >= 4 is 11.8 Å². The van der Waals surface area contributed by atoms with Crippen LogP contribution in [0.1, 0.15) is 34.1 Å². The normalized spacial score (nSPS) is 14.1. The van der Waals surface area contributed by atoms with Gasteiger partial charge in [-0.3, -0.25) is 4.79 Å². The van der Waals surface area contributed by atoms with Crippen molar-refractivity contribution in [2.24, 2.45) is 0 Å². The zero-order valence-corrected chi connectivity index (χ0v) is 14.7. The fourth-order valence-corrected chi connectivity index (χ4v) is 2.56. The highest BCUT2D eigenvalue weighted by molar-refractivity contribution is 6.01. The van der Waals surface area contributed by atoms with Gasteiger partial charge in [-0.05, 0) is 49.4 Å². The standard InChI is InChI=1S/C20H20O6/c1-13(19(21)14-4-7-16(23-2)8-5-14)26-20(22)15-6-9-17-18(12-15)25-11-3-10-24-17/h4-9,12-13H,3,10-11H2,1-2H3. The van der Waals surface area contributed by atoms with Crippen molar-refractivity contribution in [3.63, 3.8) is 0 Å². The molecule has 3 rings (SSSR count). The largest absolute Gasteiger partial charge is 0.497 e. The molecule has 1 atom stereocenters. The molecule has 0 fully saturated rings. The summed E-state index contributed by atoms with van der Waals surface area (Å²) in [5.41, 5.74) is 0.758. The fourth-order valence-electron chi connectivity index (χ4n) is 2.56. The van der Waals surface area contributed by atoms with Crippen molar-refractivity contribution in [2.45, 2.75) is 19.4 Å². The molecule has 136 valence electrons. The number of Topliss-reactive ketones (excluding diaryl/α,β-unsaturated/α-hetero) is 1. The predicted molar refractivity (Wildman–Crippen MR) is 94.3 cm³/mol. The van der Waals surface area contributed by atoms with Crippen LogP contribution in [0.3, 0.4) is 0 Å². The molecule has 6 nitrogen and oxygen atoms in total. The molecule has 0 saturated carbocycles. The van der Waals surface area contributed by atoms with E-state index < -0.39 is 12.1 Å². The second kappa shape index (κ2) is 7.91. The summed E-state index contributed by atoms with van der Waals surface area (Å²) in [6.45, 7) is 2.65. The molecular weight excluding hydrogens is 336 g/mol. The molecule has 2 aromatic rings. The van der Waals surface area contributed by atoms with E-state index in [-0.39, 0.29) is 5.78 Å². The topological polar surface area (TPSA) is 71.1 Å². The van der Waals surface area contributed by atoms with Crippen LogP contribution in [0.2, 0.25) is 0 Å². The summed E-state index contributed by atoms with van der Waals surface area (Å²) < 4.78 is 21.5. The van der Waals surface area contributed by atoms with Crippen LogP contribution in [-0.2, 0) is 4.74 Å². The molecule has 0 aromatic heterocycles. The van der Waals surface area contributed by atoms with Crippen molar-refractivity contribution in [1.29, 1.82) is 0 Å². The molecule has 6 heteroatoms. The molecule has 0 amide bonds. The summed E-state index contributed by atoms with van der Waals surface area (Å²) in [4.78, 5) is 24.8. The maximum atomic E-state index is 12.4. The highest BCUT2D eigenvalue weighted by Gasteiger charge is 2.22. The van der Waals surface area contributed by atoms with Crippen LogP contribution >= 0.6 is 0 Å². The zero-order chi connectivity index (χ0) is 18.5. The second-order valence-electron chi connectivity index (χ2n) is 5.85. The Kier molecular flexibility index (Phi) is 5.41. The minimum atomic E-state index is -0.910. The average molecular weight is 356 g/mol. The maximum Gasteiger partial charge on any atom is 0.338 e.